The minimum atomic E-state index is -0.917. The lowest BCUT2D eigenvalue weighted by Gasteiger charge is -2.33. The monoisotopic (exact) mass is 301 g/mol. The number of carbonyl (C=O) groups excluding carboxylic acids is 1. The molecule has 2 fully saturated rings. The summed E-state index contributed by atoms with van der Waals surface area (Å²) in [5.41, 5.74) is 0. The van der Waals surface area contributed by atoms with E-state index in [-0.39, 0.29) is 6.03 Å². The Labute approximate surface area is 123 Å². The van der Waals surface area contributed by atoms with E-state index in [4.69, 9.17) is 5.11 Å². The van der Waals surface area contributed by atoms with Gasteiger partial charge in [0.05, 0.1) is 0 Å². The Morgan fingerprint density at radius 1 is 1.35 bits per heavy atom. The van der Waals surface area contributed by atoms with Crippen LogP contribution in [0.1, 0.15) is 19.8 Å². The summed E-state index contributed by atoms with van der Waals surface area (Å²) < 4.78 is 0. The van der Waals surface area contributed by atoms with Crippen molar-refractivity contribution in [3.05, 3.63) is 0 Å². The van der Waals surface area contributed by atoms with Crippen LogP contribution in [0, 0.1) is 0 Å². The van der Waals surface area contributed by atoms with Crippen molar-refractivity contribution in [2.24, 2.45) is 0 Å². The summed E-state index contributed by atoms with van der Waals surface area (Å²) in [6.45, 7) is 5.37. The molecule has 2 amide bonds. The van der Waals surface area contributed by atoms with Crippen molar-refractivity contribution in [3.8, 4) is 0 Å². The van der Waals surface area contributed by atoms with E-state index in [1.165, 1.54) is 17.7 Å². The fourth-order valence-corrected chi connectivity index (χ4v) is 3.74. The number of nitrogens with zero attached hydrogens (tertiary/aromatic N) is 2. The van der Waals surface area contributed by atoms with Gasteiger partial charge in [0.1, 0.15) is 6.04 Å². The van der Waals surface area contributed by atoms with Crippen LogP contribution >= 0.6 is 11.8 Å². The van der Waals surface area contributed by atoms with Gasteiger partial charge in [-0.3, -0.25) is 4.90 Å². The molecule has 2 N–H and O–H groups in total. The first-order chi connectivity index (χ1) is 9.59. The molecule has 2 unspecified atom stereocenters. The molecule has 2 saturated heterocycles. The molecule has 0 spiro atoms. The number of hydrogen-bond donors (Lipinski definition) is 2. The zero-order chi connectivity index (χ0) is 14.5. The maximum absolute atomic E-state index is 12.2. The van der Waals surface area contributed by atoms with Crippen LogP contribution in [0.4, 0.5) is 4.79 Å². The molecule has 0 aromatic carbocycles. The van der Waals surface area contributed by atoms with Crippen LogP contribution in [-0.2, 0) is 4.79 Å². The van der Waals surface area contributed by atoms with Crippen LogP contribution in [0.15, 0.2) is 0 Å². The molecule has 2 rings (SSSR count). The van der Waals surface area contributed by atoms with Crippen LogP contribution in [0.5, 0.6) is 0 Å². The van der Waals surface area contributed by atoms with E-state index in [0.29, 0.717) is 24.9 Å². The van der Waals surface area contributed by atoms with E-state index in [9.17, 15) is 9.59 Å². The molecule has 0 aromatic rings. The molecule has 7 heteroatoms. The van der Waals surface area contributed by atoms with Crippen molar-refractivity contribution >= 4 is 23.8 Å². The molecule has 0 bridgehead atoms. The molecule has 20 heavy (non-hydrogen) atoms. The Kier molecular flexibility index (Phi) is 5.54. The number of hydrogen-bond acceptors (Lipinski definition) is 4. The number of amides is 2. The quantitative estimate of drug-likeness (QED) is 0.799. The van der Waals surface area contributed by atoms with Crippen LogP contribution in [0.25, 0.3) is 0 Å². The van der Waals surface area contributed by atoms with Crippen LogP contribution in [0.3, 0.4) is 0 Å². The average molecular weight is 301 g/mol. The Morgan fingerprint density at radius 3 is 2.70 bits per heavy atom. The van der Waals surface area contributed by atoms with Crippen molar-refractivity contribution in [3.63, 3.8) is 0 Å². The topological polar surface area (TPSA) is 72.9 Å². The zero-order valence-corrected chi connectivity index (χ0v) is 12.7. The van der Waals surface area contributed by atoms with Crippen molar-refractivity contribution in [2.45, 2.75) is 31.8 Å². The Balaban J connectivity index is 1.82. The molecule has 2 aliphatic rings. The van der Waals surface area contributed by atoms with E-state index >= 15 is 0 Å². The van der Waals surface area contributed by atoms with Crippen LogP contribution in [-0.4, -0.2) is 76.7 Å². The predicted octanol–water partition coefficient (Wildman–Crippen LogP) is 0.682. The van der Waals surface area contributed by atoms with E-state index < -0.39 is 12.0 Å². The largest absolute Gasteiger partial charge is 0.480 e. The van der Waals surface area contributed by atoms with Gasteiger partial charge in [0.25, 0.3) is 0 Å². The lowest BCUT2D eigenvalue weighted by molar-refractivity contribution is -0.141. The van der Waals surface area contributed by atoms with E-state index in [0.717, 1.165) is 18.8 Å². The number of urea groups is 1. The second-order valence-electron chi connectivity index (χ2n) is 5.40. The smallest absolute Gasteiger partial charge is 0.327 e. The summed E-state index contributed by atoms with van der Waals surface area (Å²) >= 11 is 1.59. The first-order valence-corrected chi connectivity index (χ1v) is 8.34. The van der Waals surface area contributed by atoms with Gasteiger partial charge in [0.2, 0.25) is 0 Å². The highest BCUT2D eigenvalue weighted by atomic mass is 32.2. The van der Waals surface area contributed by atoms with Crippen molar-refractivity contribution in [2.75, 3.05) is 37.7 Å². The Morgan fingerprint density at radius 2 is 2.05 bits per heavy atom. The molecular formula is C13H23N3O3S. The normalized spacial score (nSPS) is 25.4. The van der Waals surface area contributed by atoms with Gasteiger partial charge < -0.3 is 15.3 Å². The summed E-state index contributed by atoms with van der Waals surface area (Å²) in [6.07, 6.45) is 2.45. The molecule has 2 atom stereocenters. The molecular weight excluding hydrogens is 278 g/mol. The number of carboxylic acids is 1. The van der Waals surface area contributed by atoms with Gasteiger partial charge in [-0.15, -0.1) is 0 Å². The summed E-state index contributed by atoms with van der Waals surface area (Å²) in [5.74, 6) is 0.364. The second-order valence-corrected chi connectivity index (χ2v) is 6.55. The molecule has 0 saturated carbocycles. The maximum Gasteiger partial charge on any atom is 0.327 e. The highest BCUT2D eigenvalue weighted by Crippen LogP contribution is 2.17. The number of nitrogens with one attached hydrogen (secondary N) is 1. The van der Waals surface area contributed by atoms with Crippen molar-refractivity contribution in [1.29, 1.82) is 0 Å². The predicted molar refractivity (Wildman–Crippen MR) is 79.1 cm³/mol. The van der Waals surface area contributed by atoms with Gasteiger partial charge in [-0.05, 0) is 32.9 Å². The maximum atomic E-state index is 12.2. The number of aliphatic carboxylic acids is 1. The van der Waals surface area contributed by atoms with Gasteiger partial charge >= 0.3 is 12.0 Å². The third-order valence-corrected chi connectivity index (χ3v) is 5.01. The van der Waals surface area contributed by atoms with Gasteiger partial charge in [0, 0.05) is 30.6 Å². The van der Waals surface area contributed by atoms with Gasteiger partial charge in [-0.2, -0.15) is 11.8 Å². The molecule has 0 radical (unpaired) electrons. The summed E-state index contributed by atoms with van der Waals surface area (Å²) in [4.78, 5) is 27.1. The number of likely N-dealkylation sites (tertiary alicyclic amines) is 1. The van der Waals surface area contributed by atoms with Gasteiger partial charge in [0.15, 0.2) is 0 Å². The lowest BCUT2D eigenvalue weighted by atomic mass is 10.2. The Hall–Kier alpha value is -0.950. The lowest BCUT2D eigenvalue weighted by Crippen LogP contribution is -2.55. The first kappa shape index (κ1) is 15.4. The number of carboxylic acid groups (broad SMARTS) is 1. The molecule has 0 aliphatic carbocycles. The first-order valence-electron chi connectivity index (χ1n) is 7.18. The summed E-state index contributed by atoms with van der Waals surface area (Å²) in [6, 6.07) is -0.636. The molecule has 0 aromatic heterocycles. The third-order valence-electron chi connectivity index (χ3n) is 3.99. The number of carbonyl (C=O) groups is 2. The third kappa shape index (κ3) is 3.79. The standard InChI is InChI=1S/C13H23N3O3S/c1-10(15-4-2-3-5-15)8-14-13(19)16-6-7-20-9-11(16)12(17)18/h10-11H,2-9H2,1H3,(H,14,19)(H,17,18). The van der Waals surface area contributed by atoms with Crippen LogP contribution < -0.4 is 5.32 Å². The summed E-state index contributed by atoms with van der Waals surface area (Å²) in [5, 5.41) is 12.1. The molecule has 2 heterocycles. The minimum absolute atomic E-state index is 0.247. The van der Waals surface area contributed by atoms with E-state index in [1.54, 1.807) is 11.8 Å². The number of rotatable bonds is 4. The molecule has 6 nitrogen and oxygen atoms in total. The van der Waals surface area contributed by atoms with Crippen molar-refractivity contribution in [1.82, 2.24) is 15.1 Å². The molecule has 2 aliphatic heterocycles. The van der Waals surface area contributed by atoms with Gasteiger partial charge in [-0.25, -0.2) is 9.59 Å². The van der Waals surface area contributed by atoms with Crippen LogP contribution in [0.2, 0.25) is 0 Å². The SMILES string of the molecule is CC(CNC(=O)N1CCSCC1C(=O)O)N1CCCC1. The fourth-order valence-electron chi connectivity index (χ4n) is 2.70. The van der Waals surface area contributed by atoms with Gasteiger partial charge in [-0.1, -0.05) is 0 Å². The van der Waals surface area contributed by atoms with E-state index in [1.807, 2.05) is 0 Å². The van der Waals surface area contributed by atoms with Crippen molar-refractivity contribution < 1.29 is 14.7 Å². The number of thioether (sulfide) groups is 1. The fraction of sp³-hybridized carbons (Fsp3) is 0.846. The average Bonchev–Trinajstić information content (AvgIpc) is 2.98. The zero-order valence-electron chi connectivity index (χ0n) is 11.9. The highest BCUT2D eigenvalue weighted by Gasteiger charge is 2.32. The van der Waals surface area contributed by atoms with E-state index in [2.05, 4.69) is 17.1 Å². The summed E-state index contributed by atoms with van der Waals surface area (Å²) in [7, 11) is 0. The second kappa shape index (κ2) is 7.17. The highest BCUT2D eigenvalue weighted by molar-refractivity contribution is 7.99. The Bertz CT molecular complexity index is 361. The molecule has 114 valence electrons. The minimum Gasteiger partial charge on any atom is -0.480 e.